The Morgan fingerprint density at radius 2 is 1.14 bits per heavy atom. The maximum absolute atomic E-state index is 13.4. The van der Waals surface area contributed by atoms with Gasteiger partial charge in [-0.15, -0.1) is 0 Å². The van der Waals surface area contributed by atoms with Gasteiger partial charge in [-0.05, 0) is 71.8 Å². The van der Waals surface area contributed by atoms with Gasteiger partial charge in [-0.25, -0.2) is 25.4 Å². The molecule has 14 nitrogen and oxygen atoms in total. The highest BCUT2D eigenvalue weighted by atomic mass is 32.2. The summed E-state index contributed by atoms with van der Waals surface area (Å²) in [5.41, 5.74) is 3.11. The summed E-state index contributed by atoms with van der Waals surface area (Å²) < 4.78 is 69.9. The molecular formula is C43H48N4O10S2. The second-order valence-electron chi connectivity index (χ2n) is 14.0. The minimum absolute atomic E-state index is 0.0244. The fraction of sp³-hybridized carbons (Fsp3) is 0.302. The van der Waals surface area contributed by atoms with E-state index in [4.69, 9.17) is 14.2 Å². The van der Waals surface area contributed by atoms with Crippen molar-refractivity contribution in [2.45, 2.75) is 38.0 Å². The molecule has 1 fully saturated rings. The van der Waals surface area contributed by atoms with Crippen LogP contribution < -0.4 is 15.4 Å². The van der Waals surface area contributed by atoms with Crippen LogP contribution in [0.3, 0.4) is 0 Å². The number of benzene rings is 4. The number of sulfonamides is 2. The Morgan fingerprint density at radius 3 is 1.61 bits per heavy atom. The van der Waals surface area contributed by atoms with E-state index in [1.807, 2.05) is 12.1 Å². The highest BCUT2D eigenvalue weighted by Crippen LogP contribution is 2.41. The highest BCUT2D eigenvalue weighted by molar-refractivity contribution is 8.00. The fourth-order valence-corrected chi connectivity index (χ4v) is 10.6. The number of carbonyl (C=O) groups is 2. The number of aromatic hydroxyl groups is 1. The lowest BCUT2D eigenvalue weighted by molar-refractivity contribution is -0.123. The molecule has 0 spiro atoms. The van der Waals surface area contributed by atoms with Gasteiger partial charge in [0.25, 0.3) is 31.9 Å². The first kappa shape index (κ1) is 42.9. The number of rotatable bonds is 14. The third-order valence-electron chi connectivity index (χ3n) is 10.2. The molecule has 7 rings (SSSR count). The lowest BCUT2D eigenvalue weighted by Crippen LogP contribution is -2.35. The Bertz CT molecular complexity index is 2420. The quantitative estimate of drug-likeness (QED) is 0.120. The van der Waals surface area contributed by atoms with Gasteiger partial charge in [-0.2, -0.15) is 0 Å². The van der Waals surface area contributed by atoms with Gasteiger partial charge < -0.3 is 30.0 Å². The zero-order valence-electron chi connectivity index (χ0n) is 33.1. The normalized spacial score (nSPS) is 17.5. The van der Waals surface area contributed by atoms with Crippen molar-refractivity contribution in [3.05, 3.63) is 131 Å². The summed E-state index contributed by atoms with van der Waals surface area (Å²) in [5, 5.41) is 15.4. The largest absolute Gasteiger partial charge is 0.508 e. The second-order valence-corrected chi connectivity index (χ2v) is 17.6. The summed E-state index contributed by atoms with van der Waals surface area (Å²) in [4.78, 5) is 26.0. The zero-order valence-corrected chi connectivity index (χ0v) is 34.7. The van der Waals surface area contributed by atoms with Crippen molar-refractivity contribution in [1.29, 1.82) is 0 Å². The minimum atomic E-state index is -4.04. The molecule has 16 heteroatoms. The molecule has 0 bridgehead atoms. The Labute approximate surface area is 345 Å². The Hall–Kier alpha value is -5.68. The van der Waals surface area contributed by atoms with Crippen LogP contribution in [0, 0.1) is 0 Å². The molecule has 4 aromatic carbocycles. The molecule has 0 aromatic heterocycles. The van der Waals surface area contributed by atoms with E-state index in [2.05, 4.69) is 16.7 Å². The molecule has 3 N–H and O–H groups in total. The van der Waals surface area contributed by atoms with Crippen molar-refractivity contribution in [2.24, 2.45) is 0 Å². The average molecular weight is 845 g/mol. The number of hydrogen-bond acceptors (Lipinski definition) is 12. The van der Waals surface area contributed by atoms with E-state index in [1.165, 1.54) is 51.2 Å². The maximum Gasteiger partial charge on any atom is 0.285 e. The van der Waals surface area contributed by atoms with Crippen molar-refractivity contribution >= 4 is 53.0 Å². The summed E-state index contributed by atoms with van der Waals surface area (Å²) in [6.07, 6.45) is 5.92. The number of amides is 2. The van der Waals surface area contributed by atoms with Crippen LogP contribution in [0.4, 0.5) is 11.4 Å². The van der Waals surface area contributed by atoms with Crippen LogP contribution in [-0.2, 0) is 39.1 Å². The number of nitrogens with one attached hydrogen (secondary N) is 2. The lowest BCUT2D eigenvalue weighted by atomic mass is 9.84. The fourth-order valence-electron chi connectivity index (χ4n) is 7.26. The molecular weight excluding hydrogens is 797 g/mol. The molecule has 0 radical (unpaired) electrons. The van der Waals surface area contributed by atoms with Crippen LogP contribution >= 0.6 is 0 Å². The molecule has 0 atom stereocenters. The summed E-state index contributed by atoms with van der Waals surface area (Å²) in [7, 11) is -3.58. The monoisotopic (exact) mass is 844 g/mol. The molecule has 4 aromatic rings. The number of methoxy groups -OCH3 is 3. The smallest absolute Gasteiger partial charge is 0.285 e. The first-order chi connectivity index (χ1) is 28.4. The average Bonchev–Trinajstić information content (AvgIpc) is 3.55. The van der Waals surface area contributed by atoms with Gasteiger partial charge in [0.05, 0.1) is 39.1 Å². The van der Waals surface area contributed by atoms with E-state index in [9.17, 15) is 31.5 Å². The summed E-state index contributed by atoms with van der Waals surface area (Å²) >= 11 is 0. The molecule has 2 heterocycles. The first-order valence-corrected chi connectivity index (χ1v) is 22.0. The first-order valence-electron chi connectivity index (χ1n) is 19.1. The predicted octanol–water partition coefficient (Wildman–Crippen LogP) is 6.33. The molecule has 1 aliphatic carbocycles. The van der Waals surface area contributed by atoms with E-state index < -0.39 is 31.9 Å². The summed E-state index contributed by atoms with van der Waals surface area (Å²) in [6.45, 7) is 0.0769. The number of phenolic OH excluding ortho intramolecular Hbond substituents is 1. The van der Waals surface area contributed by atoms with E-state index in [1.54, 1.807) is 79.9 Å². The molecule has 0 unspecified atom stereocenters. The van der Waals surface area contributed by atoms with Gasteiger partial charge in [-0.1, -0.05) is 86.0 Å². The Balaban J connectivity index is 0.000000204. The van der Waals surface area contributed by atoms with Gasteiger partial charge in [0.1, 0.15) is 32.7 Å². The number of hydrogen-bond donors (Lipinski definition) is 3. The standard InChI is InChI=1S/C25H30N2O5S.C18H18N2O5S/c1-31-16-15-27-25(28)23(24(33(27,29)30)19-11-7-4-8-12-19)26-21-17-20(13-14-22(21)32-2)18-9-5-3-6-10-18;1-25-12-11-20-18(22)16(19-14-7-9-15(21)10-8-14)17(26(20,23)24)13-5-3-2-4-6-13/h4,7-8,11-14,17-18,26H,3,5-6,9-10,15-16H2,1-2H3;2-10,19,21H,11-12H2,1H3. The van der Waals surface area contributed by atoms with Gasteiger partial charge in [0.2, 0.25) is 0 Å². The van der Waals surface area contributed by atoms with E-state index >= 15 is 0 Å². The van der Waals surface area contributed by atoms with Crippen molar-refractivity contribution in [1.82, 2.24) is 8.61 Å². The van der Waals surface area contributed by atoms with Crippen LogP contribution in [0.25, 0.3) is 9.81 Å². The van der Waals surface area contributed by atoms with Gasteiger partial charge in [-0.3, -0.25) is 9.59 Å². The van der Waals surface area contributed by atoms with Crippen LogP contribution in [0.15, 0.2) is 115 Å². The van der Waals surface area contributed by atoms with Crippen LogP contribution in [-0.4, -0.2) is 90.0 Å². The minimum Gasteiger partial charge on any atom is -0.508 e. The summed E-state index contributed by atoms with van der Waals surface area (Å²) in [6, 6.07) is 29.1. The van der Waals surface area contributed by atoms with Gasteiger partial charge >= 0.3 is 0 Å². The van der Waals surface area contributed by atoms with Crippen molar-refractivity contribution in [3.63, 3.8) is 0 Å². The van der Waals surface area contributed by atoms with E-state index in [0.717, 1.165) is 21.5 Å². The molecule has 1 saturated carbocycles. The van der Waals surface area contributed by atoms with Crippen molar-refractivity contribution < 1.29 is 45.7 Å². The van der Waals surface area contributed by atoms with Crippen LogP contribution in [0.2, 0.25) is 0 Å². The van der Waals surface area contributed by atoms with E-state index in [0.29, 0.717) is 34.2 Å². The van der Waals surface area contributed by atoms with Gasteiger partial charge in [0, 0.05) is 19.9 Å². The predicted molar refractivity (Wildman–Crippen MR) is 226 cm³/mol. The van der Waals surface area contributed by atoms with Crippen LogP contribution in [0.1, 0.15) is 54.7 Å². The molecule has 3 aliphatic rings. The SMILES string of the molecule is COCCN1C(=O)C(Nc2cc(C3CCCCC3)ccc2OC)=C(c2ccccc2)S1(=O)=O.COCCN1C(=O)C(Nc2ccc(O)cc2)=C(c2ccccc2)S1(=O)=O. The Kier molecular flexibility index (Phi) is 13.8. The Morgan fingerprint density at radius 1 is 0.644 bits per heavy atom. The third-order valence-corrected chi connectivity index (χ3v) is 14.0. The molecule has 59 heavy (non-hydrogen) atoms. The maximum atomic E-state index is 13.4. The third kappa shape index (κ3) is 9.31. The molecule has 312 valence electrons. The number of nitrogens with zero attached hydrogens (tertiary/aromatic N) is 2. The topological polar surface area (TPSA) is 181 Å². The number of carbonyl (C=O) groups excluding carboxylic acids is 2. The second kappa shape index (κ2) is 18.9. The van der Waals surface area contributed by atoms with Gasteiger partial charge in [0.15, 0.2) is 0 Å². The molecule has 2 aliphatic heterocycles. The highest BCUT2D eigenvalue weighted by Gasteiger charge is 2.45. The number of ether oxygens (including phenoxy) is 3. The molecule has 2 amide bonds. The molecule has 0 saturated heterocycles. The number of phenols is 1. The zero-order chi connectivity index (χ0) is 42.2. The van der Waals surface area contributed by atoms with Crippen molar-refractivity contribution in [2.75, 3.05) is 58.3 Å². The van der Waals surface area contributed by atoms with Crippen molar-refractivity contribution in [3.8, 4) is 11.5 Å². The lowest BCUT2D eigenvalue weighted by Gasteiger charge is -2.23. The number of anilines is 2. The van der Waals surface area contributed by atoms with Crippen LogP contribution in [0.5, 0.6) is 11.5 Å². The summed E-state index contributed by atoms with van der Waals surface area (Å²) in [5.74, 6) is -0.172. The van der Waals surface area contributed by atoms with E-state index in [-0.39, 0.29) is 53.3 Å².